The molecule has 0 radical (unpaired) electrons. The average molecular weight is 329 g/mol. The van der Waals surface area contributed by atoms with E-state index in [1.165, 1.54) is 0 Å². The Morgan fingerprint density at radius 2 is 1.39 bits per heavy atom. The van der Waals surface area contributed by atoms with Crippen LogP contribution in [0, 0.1) is 16.7 Å². The van der Waals surface area contributed by atoms with Gasteiger partial charge in [-0.25, -0.2) is 0 Å². The SMILES string of the molecule is CCC1(C(C)CN)OCC2(CO1)COC(CC)(C(C)(C)C)OC2. The zero-order valence-electron chi connectivity index (χ0n) is 15.7. The zero-order valence-corrected chi connectivity index (χ0v) is 15.7. The summed E-state index contributed by atoms with van der Waals surface area (Å²) in [6, 6.07) is 0. The Kier molecular flexibility index (Phi) is 5.49. The molecule has 2 N–H and O–H groups in total. The van der Waals surface area contributed by atoms with Gasteiger partial charge in [-0.15, -0.1) is 0 Å². The van der Waals surface area contributed by atoms with Gasteiger partial charge in [0.25, 0.3) is 0 Å². The number of hydrogen-bond donors (Lipinski definition) is 1. The van der Waals surface area contributed by atoms with Crippen molar-refractivity contribution in [1.29, 1.82) is 0 Å². The lowest BCUT2D eigenvalue weighted by atomic mass is 9.80. The fourth-order valence-electron chi connectivity index (χ4n) is 3.61. The second kappa shape index (κ2) is 6.60. The van der Waals surface area contributed by atoms with Gasteiger partial charge in [0.15, 0.2) is 11.6 Å². The van der Waals surface area contributed by atoms with Crippen molar-refractivity contribution in [1.82, 2.24) is 0 Å². The summed E-state index contributed by atoms with van der Waals surface area (Å²) >= 11 is 0. The molecular weight excluding hydrogens is 294 g/mol. The van der Waals surface area contributed by atoms with E-state index >= 15 is 0 Å². The van der Waals surface area contributed by atoms with Crippen molar-refractivity contribution in [3.05, 3.63) is 0 Å². The van der Waals surface area contributed by atoms with Gasteiger partial charge < -0.3 is 24.7 Å². The zero-order chi connectivity index (χ0) is 17.4. The lowest BCUT2D eigenvalue weighted by Gasteiger charge is -2.54. The first-order valence-corrected chi connectivity index (χ1v) is 8.94. The first-order chi connectivity index (χ1) is 10.7. The van der Waals surface area contributed by atoms with Crippen LogP contribution in [0.25, 0.3) is 0 Å². The minimum atomic E-state index is -0.566. The fourth-order valence-corrected chi connectivity index (χ4v) is 3.61. The van der Waals surface area contributed by atoms with Gasteiger partial charge >= 0.3 is 0 Å². The molecule has 1 atom stereocenters. The summed E-state index contributed by atoms with van der Waals surface area (Å²) < 4.78 is 24.9. The molecule has 1 spiro atoms. The first-order valence-electron chi connectivity index (χ1n) is 8.94. The molecule has 2 rings (SSSR count). The molecule has 0 bridgehead atoms. The average Bonchev–Trinajstić information content (AvgIpc) is 2.55. The Morgan fingerprint density at radius 1 is 0.913 bits per heavy atom. The number of rotatable bonds is 4. The second-order valence-electron chi connectivity index (χ2n) is 8.31. The minimum Gasteiger partial charge on any atom is -0.349 e. The van der Waals surface area contributed by atoms with Crippen LogP contribution in [0.1, 0.15) is 54.4 Å². The van der Waals surface area contributed by atoms with Gasteiger partial charge in [0.05, 0.1) is 31.8 Å². The standard InChI is InChI=1S/C18H35NO4/c1-7-17(14(3)9-19)20-10-16(11-21-17)12-22-18(8-2,23-13-16)15(4,5)6/h14H,7-13,19H2,1-6H3. The van der Waals surface area contributed by atoms with E-state index < -0.39 is 11.6 Å². The highest BCUT2D eigenvalue weighted by molar-refractivity contribution is 4.94. The highest BCUT2D eigenvalue weighted by Gasteiger charge is 2.54. The highest BCUT2D eigenvalue weighted by Crippen LogP contribution is 2.46. The maximum absolute atomic E-state index is 6.25. The minimum absolute atomic E-state index is 0.0685. The van der Waals surface area contributed by atoms with Crippen LogP contribution in [-0.2, 0) is 18.9 Å². The van der Waals surface area contributed by atoms with Crippen LogP contribution in [-0.4, -0.2) is 44.5 Å². The molecule has 2 heterocycles. The molecule has 1 unspecified atom stereocenters. The smallest absolute Gasteiger partial charge is 0.172 e. The molecular formula is C18H35NO4. The predicted octanol–water partition coefficient (Wildman–Crippen LogP) is 2.92. The molecule has 0 aromatic carbocycles. The molecule has 2 aliphatic rings. The molecule has 23 heavy (non-hydrogen) atoms. The third-order valence-corrected chi connectivity index (χ3v) is 5.67. The van der Waals surface area contributed by atoms with Crippen LogP contribution in [0.5, 0.6) is 0 Å². The van der Waals surface area contributed by atoms with Crippen LogP contribution in [0.3, 0.4) is 0 Å². The van der Waals surface area contributed by atoms with Gasteiger partial charge in [0.1, 0.15) is 0 Å². The van der Waals surface area contributed by atoms with Crippen molar-refractivity contribution in [3.8, 4) is 0 Å². The summed E-state index contributed by atoms with van der Waals surface area (Å²) in [5.74, 6) is -0.926. The lowest BCUT2D eigenvalue weighted by Crippen LogP contribution is -2.62. The van der Waals surface area contributed by atoms with Crippen molar-refractivity contribution in [2.45, 2.75) is 66.0 Å². The van der Waals surface area contributed by atoms with E-state index in [0.29, 0.717) is 33.0 Å². The summed E-state index contributed by atoms with van der Waals surface area (Å²) in [4.78, 5) is 0. The summed E-state index contributed by atoms with van der Waals surface area (Å²) in [6.07, 6.45) is 1.63. The molecule has 136 valence electrons. The molecule has 0 amide bonds. The van der Waals surface area contributed by atoms with Gasteiger partial charge in [-0.05, 0) is 19.4 Å². The first kappa shape index (κ1) is 19.1. The number of hydrogen-bond acceptors (Lipinski definition) is 5. The Morgan fingerprint density at radius 3 is 1.74 bits per heavy atom. The Balaban J connectivity index is 2.04. The second-order valence-corrected chi connectivity index (χ2v) is 8.31. The van der Waals surface area contributed by atoms with Crippen molar-refractivity contribution in [2.24, 2.45) is 22.5 Å². The van der Waals surface area contributed by atoms with E-state index in [4.69, 9.17) is 24.7 Å². The maximum atomic E-state index is 6.25. The maximum Gasteiger partial charge on any atom is 0.172 e. The third-order valence-electron chi connectivity index (χ3n) is 5.67. The normalized spacial score (nSPS) is 40.3. The van der Waals surface area contributed by atoms with Gasteiger partial charge in [0, 0.05) is 11.3 Å². The Bertz CT molecular complexity index is 386. The largest absolute Gasteiger partial charge is 0.349 e. The van der Waals surface area contributed by atoms with E-state index in [1.807, 2.05) is 0 Å². The van der Waals surface area contributed by atoms with Crippen LogP contribution in [0.15, 0.2) is 0 Å². The van der Waals surface area contributed by atoms with Crippen molar-refractivity contribution >= 4 is 0 Å². The molecule has 2 saturated heterocycles. The molecule has 2 fully saturated rings. The van der Waals surface area contributed by atoms with E-state index in [9.17, 15) is 0 Å². The predicted molar refractivity (Wildman–Crippen MR) is 90.0 cm³/mol. The van der Waals surface area contributed by atoms with E-state index in [1.54, 1.807) is 0 Å². The van der Waals surface area contributed by atoms with Crippen LogP contribution in [0.4, 0.5) is 0 Å². The molecule has 0 aromatic heterocycles. The van der Waals surface area contributed by atoms with Gasteiger partial charge in [0.2, 0.25) is 0 Å². The number of ether oxygens (including phenoxy) is 4. The van der Waals surface area contributed by atoms with Gasteiger partial charge in [-0.2, -0.15) is 0 Å². The molecule has 0 saturated carbocycles. The van der Waals surface area contributed by atoms with Gasteiger partial charge in [-0.3, -0.25) is 0 Å². The molecule has 5 nitrogen and oxygen atoms in total. The van der Waals surface area contributed by atoms with Crippen LogP contribution in [0.2, 0.25) is 0 Å². The summed E-state index contributed by atoms with van der Waals surface area (Å²) in [7, 11) is 0. The monoisotopic (exact) mass is 329 g/mol. The Hall–Kier alpha value is -0.200. The van der Waals surface area contributed by atoms with Crippen molar-refractivity contribution < 1.29 is 18.9 Å². The Labute approximate surface area is 141 Å². The quantitative estimate of drug-likeness (QED) is 0.859. The van der Waals surface area contributed by atoms with Gasteiger partial charge in [-0.1, -0.05) is 41.5 Å². The number of nitrogens with two attached hydrogens (primary N) is 1. The van der Waals surface area contributed by atoms with Crippen molar-refractivity contribution in [2.75, 3.05) is 33.0 Å². The molecule has 0 aromatic rings. The van der Waals surface area contributed by atoms with Crippen LogP contribution < -0.4 is 5.73 Å². The molecule has 2 aliphatic heterocycles. The lowest BCUT2D eigenvalue weighted by molar-refractivity contribution is -0.393. The van der Waals surface area contributed by atoms with E-state index in [0.717, 1.165) is 12.8 Å². The molecule has 0 aliphatic carbocycles. The highest BCUT2D eigenvalue weighted by atomic mass is 16.7. The van der Waals surface area contributed by atoms with Crippen molar-refractivity contribution in [3.63, 3.8) is 0 Å². The topological polar surface area (TPSA) is 62.9 Å². The summed E-state index contributed by atoms with van der Waals surface area (Å²) in [6.45, 7) is 15.7. The summed E-state index contributed by atoms with van der Waals surface area (Å²) in [5, 5.41) is 0. The summed E-state index contributed by atoms with van der Waals surface area (Å²) in [5.41, 5.74) is 5.55. The molecule has 5 heteroatoms. The van der Waals surface area contributed by atoms with E-state index in [-0.39, 0.29) is 16.7 Å². The fraction of sp³-hybridized carbons (Fsp3) is 1.00. The van der Waals surface area contributed by atoms with E-state index in [2.05, 4.69) is 41.5 Å². The third kappa shape index (κ3) is 3.31. The van der Waals surface area contributed by atoms with Crippen LogP contribution >= 0.6 is 0 Å².